The average molecular weight is 381 g/mol. The Kier molecular flexibility index (Phi) is 4.58. The quantitative estimate of drug-likeness (QED) is 0.464. The lowest BCUT2D eigenvalue weighted by molar-refractivity contribution is 0.158. The second kappa shape index (κ2) is 7.20. The molecule has 3 heterocycles. The molecule has 1 unspecified atom stereocenters. The monoisotopic (exact) mass is 381 g/mol. The van der Waals surface area contributed by atoms with E-state index in [1.54, 1.807) is 35.1 Å². The Labute approximate surface area is 158 Å². The van der Waals surface area contributed by atoms with E-state index in [1.807, 2.05) is 18.2 Å². The second-order valence-corrected chi connectivity index (χ2v) is 6.40. The fourth-order valence-corrected chi connectivity index (χ4v) is 3.08. The zero-order valence-corrected chi connectivity index (χ0v) is 15.1. The van der Waals surface area contributed by atoms with Crippen LogP contribution in [0.5, 0.6) is 0 Å². The molecule has 0 aliphatic rings. The highest BCUT2D eigenvalue weighted by molar-refractivity contribution is 5.74. The van der Waals surface area contributed by atoms with Crippen molar-refractivity contribution in [2.45, 2.75) is 19.2 Å². The Morgan fingerprint density at radius 1 is 1.21 bits per heavy atom. The minimum Gasteiger partial charge on any atom is -0.467 e. The maximum Gasteiger partial charge on any atom is 0.329 e. The first-order valence-corrected chi connectivity index (χ1v) is 8.73. The number of aryl methyl sites for hydroxylation is 1. The molecule has 0 aliphatic heterocycles. The van der Waals surface area contributed by atoms with E-state index in [-0.39, 0.29) is 17.7 Å². The second-order valence-electron chi connectivity index (χ2n) is 6.40. The predicted octanol–water partition coefficient (Wildman–Crippen LogP) is 1.36. The average Bonchev–Trinajstić information content (AvgIpc) is 3.33. The van der Waals surface area contributed by atoms with Crippen LogP contribution in [0, 0.1) is 0 Å². The lowest BCUT2D eigenvalue weighted by Crippen LogP contribution is -2.29. The summed E-state index contributed by atoms with van der Waals surface area (Å²) in [6.07, 6.45) is 0.701. The molecule has 0 spiro atoms. The standard InChI is InChI=1S/C19H19N5O4/c1-23-16-15(17(26)22-19(23)27)24(11-14(25)12-6-3-2-4-7-12)18(21-16)20-10-13-8-5-9-28-13/h2-9,14,25H,10-11H2,1H3,(H,20,21)(H,22,26,27). The summed E-state index contributed by atoms with van der Waals surface area (Å²) in [5.74, 6) is 1.04. The van der Waals surface area contributed by atoms with E-state index >= 15 is 0 Å². The van der Waals surface area contributed by atoms with Crippen LogP contribution in [-0.4, -0.2) is 24.2 Å². The van der Waals surface area contributed by atoms with Gasteiger partial charge in [0.2, 0.25) is 5.95 Å². The van der Waals surface area contributed by atoms with Gasteiger partial charge in [0.25, 0.3) is 5.56 Å². The molecule has 0 amide bonds. The first kappa shape index (κ1) is 17.8. The summed E-state index contributed by atoms with van der Waals surface area (Å²) < 4.78 is 8.16. The van der Waals surface area contributed by atoms with Crippen molar-refractivity contribution in [3.63, 3.8) is 0 Å². The lowest BCUT2D eigenvalue weighted by atomic mass is 10.1. The molecule has 0 saturated heterocycles. The van der Waals surface area contributed by atoms with Gasteiger partial charge in [-0.15, -0.1) is 0 Å². The third-order valence-corrected chi connectivity index (χ3v) is 4.55. The van der Waals surface area contributed by atoms with E-state index < -0.39 is 17.4 Å². The number of aliphatic hydroxyl groups excluding tert-OH is 1. The highest BCUT2D eigenvalue weighted by Gasteiger charge is 2.20. The molecular formula is C19H19N5O4. The van der Waals surface area contributed by atoms with Gasteiger partial charge in [0.05, 0.1) is 25.5 Å². The molecule has 4 rings (SSSR count). The van der Waals surface area contributed by atoms with E-state index in [2.05, 4.69) is 15.3 Å². The van der Waals surface area contributed by atoms with Crippen molar-refractivity contribution in [2.75, 3.05) is 5.32 Å². The Bertz CT molecular complexity index is 1210. The van der Waals surface area contributed by atoms with E-state index in [0.717, 1.165) is 0 Å². The first-order valence-electron chi connectivity index (χ1n) is 8.73. The van der Waals surface area contributed by atoms with Crippen LogP contribution in [0.2, 0.25) is 0 Å². The number of anilines is 1. The fourth-order valence-electron chi connectivity index (χ4n) is 3.08. The van der Waals surface area contributed by atoms with Gasteiger partial charge in [0.1, 0.15) is 5.76 Å². The van der Waals surface area contributed by atoms with Crippen molar-refractivity contribution in [3.05, 3.63) is 80.9 Å². The van der Waals surface area contributed by atoms with Crippen LogP contribution in [-0.2, 0) is 20.1 Å². The molecule has 0 fully saturated rings. The van der Waals surface area contributed by atoms with Crippen LogP contribution in [0.3, 0.4) is 0 Å². The number of imidazole rings is 1. The number of nitrogens with one attached hydrogen (secondary N) is 2. The van der Waals surface area contributed by atoms with Crippen molar-refractivity contribution in [3.8, 4) is 0 Å². The van der Waals surface area contributed by atoms with Crippen LogP contribution in [0.15, 0.2) is 62.7 Å². The highest BCUT2D eigenvalue weighted by atomic mass is 16.3. The summed E-state index contributed by atoms with van der Waals surface area (Å²) in [5.41, 5.74) is 0.0396. The van der Waals surface area contributed by atoms with Gasteiger partial charge in [-0.3, -0.25) is 14.3 Å². The molecule has 9 heteroatoms. The number of aromatic nitrogens is 4. The third kappa shape index (κ3) is 3.23. The number of benzene rings is 1. The van der Waals surface area contributed by atoms with Crippen LogP contribution in [0.4, 0.5) is 5.95 Å². The van der Waals surface area contributed by atoms with E-state index in [9.17, 15) is 14.7 Å². The summed E-state index contributed by atoms with van der Waals surface area (Å²) in [6.45, 7) is 0.423. The normalized spacial score (nSPS) is 12.4. The number of fused-ring (bicyclic) bond motifs is 1. The van der Waals surface area contributed by atoms with E-state index in [1.165, 1.54) is 11.6 Å². The number of hydrogen-bond acceptors (Lipinski definition) is 6. The molecule has 1 atom stereocenters. The maximum atomic E-state index is 12.5. The molecule has 144 valence electrons. The number of aliphatic hydroxyl groups is 1. The maximum absolute atomic E-state index is 12.5. The first-order chi connectivity index (χ1) is 13.5. The summed E-state index contributed by atoms with van der Waals surface area (Å²) in [4.78, 5) is 31.1. The summed E-state index contributed by atoms with van der Waals surface area (Å²) in [7, 11) is 1.53. The van der Waals surface area contributed by atoms with Crippen LogP contribution >= 0.6 is 0 Å². The molecule has 9 nitrogen and oxygen atoms in total. The Balaban J connectivity index is 1.79. The van der Waals surface area contributed by atoms with Gasteiger partial charge < -0.3 is 19.4 Å². The van der Waals surface area contributed by atoms with Gasteiger partial charge in [-0.2, -0.15) is 4.98 Å². The molecule has 0 saturated carbocycles. The molecule has 0 bridgehead atoms. The van der Waals surface area contributed by atoms with Crippen LogP contribution < -0.4 is 16.6 Å². The smallest absolute Gasteiger partial charge is 0.329 e. The number of hydrogen-bond donors (Lipinski definition) is 3. The summed E-state index contributed by atoms with van der Waals surface area (Å²) >= 11 is 0. The van der Waals surface area contributed by atoms with Gasteiger partial charge in [0.15, 0.2) is 11.2 Å². The van der Waals surface area contributed by atoms with Gasteiger partial charge in [-0.05, 0) is 17.7 Å². The van der Waals surface area contributed by atoms with E-state index in [0.29, 0.717) is 23.8 Å². The zero-order chi connectivity index (χ0) is 19.7. The SMILES string of the molecule is Cn1c(=O)[nH]c(=O)c2c1nc(NCc1ccco1)n2CC(O)c1ccccc1. The summed E-state index contributed by atoms with van der Waals surface area (Å²) in [6, 6.07) is 12.7. The number of rotatable bonds is 6. The number of furan rings is 1. The number of nitrogens with zero attached hydrogens (tertiary/aromatic N) is 3. The van der Waals surface area contributed by atoms with Crippen molar-refractivity contribution in [2.24, 2.45) is 7.05 Å². The molecule has 0 radical (unpaired) electrons. The van der Waals surface area contributed by atoms with E-state index in [4.69, 9.17) is 4.42 Å². The molecule has 4 aromatic rings. The molecule has 3 aromatic heterocycles. The van der Waals surface area contributed by atoms with Crippen molar-refractivity contribution in [1.29, 1.82) is 0 Å². The molecule has 1 aromatic carbocycles. The largest absolute Gasteiger partial charge is 0.467 e. The lowest BCUT2D eigenvalue weighted by Gasteiger charge is -2.15. The molecule has 28 heavy (non-hydrogen) atoms. The van der Waals surface area contributed by atoms with Crippen molar-refractivity contribution in [1.82, 2.24) is 19.1 Å². The van der Waals surface area contributed by atoms with Crippen LogP contribution in [0.25, 0.3) is 11.2 Å². The molecular weight excluding hydrogens is 362 g/mol. The Morgan fingerprint density at radius 2 is 2.00 bits per heavy atom. The summed E-state index contributed by atoms with van der Waals surface area (Å²) in [5, 5.41) is 13.8. The highest BCUT2D eigenvalue weighted by Crippen LogP contribution is 2.22. The number of H-pyrrole nitrogens is 1. The fraction of sp³-hybridized carbons (Fsp3) is 0.211. The molecule has 3 N–H and O–H groups in total. The topological polar surface area (TPSA) is 118 Å². The van der Waals surface area contributed by atoms with Gasteiger partial charge in [0, 0.05) is 7.05 Å². The zero-order valence-electron chi connectivity index (χ0n) is 15.1. The minimum atomic E-state index is -0.862. The Morgan fingerprint density at radius 3 is 2.71 bits per heavy atom. The van der Waals surface area contributed by atoms with Gasteiger partial charge in [-0.25, -0.2) is 4.79 Å². The van der Waals surface area contributed by atoms with Gasteiger partial charge in [-0.1, -0.05) is 30.3 Å². The molecule has 0 aliphatic carbocycles. The van der Waals surface area contributed by atoms with Crippen molar-refractivity contribution >= 4 is 17.1 Å². The van der Waals surface area contributed by atoms with Crippen molar-refractivity contribution < 1.29 is 9.52 Å². The van der Waals surface area contributed by atoms with Crippen LogP contribution in [0.1, 0.15) is 17.4 Å². The van der Waals surface area contributed by atoms with Gasteiger partial charge >= 0.3 is 5.69 Å². The predicted molar refractivity (Wildman–Crippen MR) is 103 cm³/mol. The minimum absolute atomic E-state index is 0.0856. The number of aromatic amines is 1. The Hall–Kier alpha value is -3.59. The third-order valence-electron chi connectivity index (χ3n) is 4.55.